The minimum absolute atomic E-state index is 0.334. The standard InChI is InChI=1S/C20H26N4O/c1-25-19-8-4-16(5-9-19)20-17(12-22-23-20)14-24(18-6-7-18)13-15-3-2-10-21-11-15/h2-5,8-11,17-18,20,22-23H,6-7,12-14H2,1H3. The SMILES string of the molecule is COc1ccc(C2NNCC2CN(Cc2cccnc2)C2CC2)cc1. The minimum atomic E-state index is 0.334. The minimum Gasteiger partial charge on any atom is -0.497 e. The topological polar surface area (TPSA) is 49.4 Å². The van der Waals surface area contributed by atoms with E-state index in [1.165, 1.54) is 24.0 Å². The number of pyridine rings is 1. The molecule has 25 heavy (non-hydrogen) atoms. The summed E-state index contributed by atoms with van der Waals surface area (Å²) in [6.07, 6.45) is 6.47. The van der Waals surface area contributed by atoms with Crippen LogP contribution < -0.4 is 15.6 Å². The molecule has 2 aromatic rings. The summed E-state index contributed by atoms with van der Waals surface area (Å²) in [6, 6.07) is 13.7. The quantitative estimate of drug-likeness (QED) is 0.812. The molecule has 4 rings (SSSR count). The normalized spacial score (nSPS) is 23.1. The predicted octanol–water partition coefficient (Wildman–Crippen LogP) is 2.52. The Balaban J connectivity index is 1.45. The Morgan fingerprint density at radius 3 is 2.72 bits per heavy atom. The molecule has 2 unspecified atom stereocenters. The first kappa shape index (κ1) is 16.5. The molecule has 1 saturated heterocycles. The molecule has 0 radical (unpaired) electrons. The van der Waals surface area contributed by atoms with Gasteiger partial charge in [-0.1, -0.05) is 18.2 Å². The second-order valence-electron chi connectivity index (χ2n) is 7.06. The molecular formula is C20H26N4O. The molecule has 1 aliphatic carbocycles. The van der Waals surface area contributed by atoms with E-state index in [9.17, 15) is 0 Å². The number of benzene rings is 1. The maximum absolute atomic E-state index is 5.28. The van der Waals surface area contributed by atoms with Gasteiger partial charge in [0, 0.05) is 44.0 Å². The average Bonchev–Trinajstić information content (AvgIpc) is 3.41. The van der Waals surface area contributed by atoms with Crippen molar-refractivity contribution >= 4 is 0 Å². The van der Waals surface area contributed by atoms with Crippen LogP contribution >= 0.6 is 0 Å². The average molecular weight is 338 g/mol. The summed E-state index contributed by atoms with van der Waals surface area (Å²) >= 11 is 0. The van der Waals surface area contributed by atoms with Gasteiger partial charge in [0.15, 0.2) is 0 Å². The van der Waals surface area contributed by atoms with E-state index < -0.39 is 0 Å². The van der Waals surface area contributed by atoms with Crippen LogP contribution in [0.5, 0.6) is 5.75 Å². The second kappa shape index (κ2) is 7.52. The molecule has 1 aromatic heterocycles. The smallest absolute Gasteiger partial charge is 0.118 e. The first-order valence-electron chi connectivity index (χ1n) is 9.09. The number of ether oxygens (including phenoxy) is 1. The Labute approximate surface area is 149 Å². The van der Waals surface area contributed by atoms with Gasteiger partial charge in [0.05, 0.1) is 13.2 Å². The Hall–Kier alpha value is -1.95. The van der Waals surface area contributed by atoms with Gasteiger partial charge in [0.25, 0.3) is 0 Å². The molecular weight excluding hydrogens is 312 g/mol. The lowest BCUT2D eigenvalue weighted by Crippen LogP contribution is -2.34. The fourth-order valence-electron chi connectivity index (χ4n) is 3.68. The molecule has 0 amide bonds. The fourth-order valence-corrected chi connectivity index (χ4v) is 3.68. The van der Waals surface area contributed by atoms with Crippen molar-refractivity contribution < 1.29 is 4.74 Å². The molecule has 2 N–H and O–H groups in total. The Morgan fingerprint density at radius 1 is 1.20 bits per heavy atom. The van der Waals surface area contributed by atoms with E-state index >= 15 is 0 Å². The van der Waals surface area contributed by atoms with Gasteiger partial charge in [-0.15, -0.1) is 0 Å². The number of hydrazine groups is 1. The highest BCUT2D eigenvalue weighted by atomic mass is 16.5. The van der Waals surface area contributed by atoms with Crippen LogP contribution in [0.3, 0.4) is 0 Å². The molecule has 2 heterocycles. The van der Waals surface area contributed by atoms with Crippen molar-refractivity contribution in [2.75, 3.05) is 20.2 Å². The van der Waals surface area contributed by atoms with Crippen LogP contribution in [0.2, 0.25) is 0 Å². The Bertz CT molecular complexity index is 672. The summed E-state index contributed by atoms with van der Waals surface area (Å²) in [7, 11) is 1.71. The summed E-state index contributed by atoms with van der Waals surface area (Å²) in [6.45, 7) is 3.08. The third kappa shape index (κ3) is 4.00. The maximum Gasteiger partial charge on any atom is 0.118 e. The highest BCUT2D eigenvalue weighted by molar-refractivity contribution is 5.30. The van der Waals surface area contributed by atoms with Crippen molar-refractivity contribution in [1.29, 1.82) is 0 Å². The monoisotopic (exact) mass is 338 g/mol. The zero-order chi connectivity index (χ0) is 17.1. The molecule has 1 aromatic carbocycles. The van der Waals surface area contributed by atoms with E-state index in [1.807, 2.05) is 30.6 Å². The molecule has 2 aliphatic rings. The molecule has 5 heteroatoms. The van der Waals surface area contributed by atoms with Gasteiger partial charge in [0.2, 0.25) is 0 Å². The van der Waals surface area contributed by atoms with Crippen LogP contribution in [0.1, 0.15) is 30.0 Å². The summed E-state index contributed by atoms with van der Waals surface area (Å²) in [5.41, 5.74) is 9.43. The molecule has 1 saturated carbocycles. The highest BCUT2D eigenvalue weighted by Crippen LogP contribution is 2.33. The van der Waals surface area contributed by atoms with E-state index in [0.717, 1.165) is 31.4 Å². The highest BCUT2D eigenvalue weighted by Gasteiger charge is 2.35. The van der Waals surface area contributed by atoms with Gasteiger partial charge in [-0.25, -0.2) is 5.43 Å². The van der Waals surface area contributed by atoms with Crippen LogP contribution in [0, 0.1) is 5.92 Å². The van der Waals surface area contributed by atoms with Gasteiger partial charge in [-0.2, -0.15) is 0 Å². The van der Waals surface area contributed by atoms with E-state index in [4.69, 9.17) is 4.74 Å². The summed E-state index contributed by atoms with van der Waals surface area (Å²) in [5.74, 6) is 1.45. The number of hydrogen-bond donors (Lipinski definition) is 2. The molecule has 2 fully saturated rings. The summed E-state index contributed by atoms with van der Waals surface area (Å²) < 4.78 is 5.28. The first-order chi connectivity index (χ1) is 12.3. The van der Waals surface area contributed by atoms with Crippen LogP contribution in [0.4, 0.5) is 0 Å². The number of aromatic nitrogens is 1. The maximum atomic E-state index is 5.28. The van der Waals surface area contributed by atoms with Gasteiger partial charge in [-0.05, 0) is 42.2 Å². The van der Waals surface area contributed by atoms with Crippen molar-refractivity contribution in [2.45, 2.75) is 31.5 Å². The lowest BCUT2D eigenvalue weighted by Gasteiger charge is -2.28. The second-order valence-corrected chi connectivity index (χ2v) is 7.06. The molecule has 0 spiro atoms. The van der Waals surface area contributed by atoms with Crippen LogP contribution in [-0.4, -0.2) is 36.1 Å². The Morgan fingerprint density at radius 2 is 2.04 bits per heavy atom. The van der Waals surface area contributed by atoms with E-state index in [0.29, 0.717) is 12.0 Å². The zero-order valence-electron chi connectivity index (χ0n) is 14.7. The van der Waals surface area contributed by atoms with Crippen LogP contribution in [0.15, 0.2) is 48.8 Å². The Kier molecular flexibility index (Phi) is 4.97. The molecule has 132 valence electrons. The number of methoxy groups -OCH3 is 1. The van der Waals surface area contributed by atoms with Crippen molar-refractivity contribution in [3.05, 3.63) is 59.9 Å². The van der Waals surface area contributed by atoms with Crippen molar-refractivity contribution in [3.63, 3.8) is 0 Å². The number of nitrogens with zero attached hydrogens (tertiary/aromatic N) is 2. The number of hydrogen-bond acceptors (Lipinski definition) is 5. The van der Waals surface area contributed by atoms with Crippen LogP contribution in [0.25, 0.3) is 0 Å². The lowest BCUT2D eigenvalue weighted by molar-refractivity contribution is 0.208. The number of rotatable bonds is 7. The number of nitrogens with one attached hydrogen (secondary N) is 2. The van der Waals surface area contributed by atoms with E-state index in [1.54, 1.807) is 7.11 Å². The molecule has 5 nitrogen and oxygen atoms in total. The third-order valence-electron chi connectivity index (χ3n) is 5.21. The first-order valence-corrected chi connectivity index (χ1v) is 9.09. The molecule has 1 aliphatic heterocycles. The van der Waals surface area contributed by atoms with Crippen molar-refractivity contribution in [3.8, 4) is 5.75 Å². The van der Waals surface area contributed by atoms with Gasteiger partial charge < -0.3 is 4.74 Å². The van der Waals surface area contributed by atoms with Crippen molar-refractivity contribution in [2.24, 2.45) is 5.92 Å². The summed E-state index contributed by atoms with van der Waals surface area (Å²) in [5, 5.41) is 0. The molecule has 0 bridgehead atoms. The van der Waals surface area contributed by atoms with Gasteiger partial charge in [0.1, 0.15) is 5.75 Å². The van der Waals surface area contributed by atoms with Crippen LogP contribution in [-0.2, 0) is 6.54 Å². The largest absolute Gasteiger partial charge is 0.497 e. The predicted molar refractivity (Wildman–Crippen MR) is 98.0 cm³/mol. The molecule has 2 atom stereocenters. The van der Waals surface area contributed by atoms with Gasteiger partial charge in [-0.3, -0.25) is 15.3 Å². The lowest BCUT2D eigenvalue weighted by atomic mass is 9.94. The zero-order valence-corrected chi connectivity index (χ0v) is 14.7. The van der Waals surface area contributed by atoms with E-state index in [2.05, 4.69) is 38.9 Å². The van der Waals surface area contributed by atoms with E-state index in [-0.39, 0.29) is 0 Å². The van der Waals surface area contributed by atoms with Gasteiger partial charge >= 0.3 is 0 Å². The summed E-state index contributed by atoms with van der Waals surface area (Å²) in [4.78, 5) is 6.90. The fraction of sp³-hybridized carbons (Fsp3) is 0.450. The van der Waals surface area contributed by atoms with Crippen molar-refractivity contribution in [1.82, 2.24) is 20.7 Å². The third-order valence-corrected chi connectivity index (χ3v) is 5.21.